The van der Waals surface area contributed by atoms with Gasteiger partial charge < -0.3 is 9.84 Å². The van der Waals surface area contributed by atoms with E-state index >= 15 is 0 Å². The second kappa shape index (κ2) is 14.6. The number of hydrogen-bond donors (Lipinski definition) is 1. The van der Waals surface area contributed by atoms with Crippen LogP contribution in [0, 0.1) is 0 Å². The molecule has 0 spiro atoms. The average Bonchev–Trinajstić information content (AvgIpc) is 2.69. The molecule has 5 nitrogen and oxygen atoms in total. The van der Waals surface area contributed by atoms with Crippen LogP contribution in [0.2, 0.25) is 0 Å². The van der Waals surface area contributed by atoms with E-state index in [-0.39, 0.29) is 57.1 Å². The van der Waals surface area contributed by atoms with E-state index in [0.29, 0.717) is 17.7 Å². The Bertz CT molecular complexity index is 853. The number of unbranched alkanes of at least 4 members (excludes halogenated alkanes) is 8. The Morgan fingerprint density at radius 2 is 1.47 bits per heavy atom. The van der Waals surface area contributed by atoms with Crippen molar-refractivity contribution in [2.24, 2.45) is 0 Å². The Balaban J connectivity index is 0.00000450. The zero-order chi connectivity index (χ0) is 21.1. The first-order chi connectivity index (χ1) is 13.9. The molecule has 0 saturated heterocycles. The molecule has 0 aromatic heterocycles. The molecular weight excluding hydrogens is 427 g/mol. The molecule has 0 fully saturated rings. The zero-order valence-electron chi connectivity index (χ0n) is 18.1. The molecule has 160 valence electrons. The molecule has 0 atom stereocenters. The SMILES string of the molecule is CCCCCCCCCCCc1cc(Oc2ccccc2)c([O-])c(S(=O)(=O)O)c1.[K+]. The van der Waals surface area contributed by atoms with Crippen LogP contribution in [-0.2, 0) is 16.5 Å². The molecule has 0 bridgehead atoms. The fraction of sp³-hybridized carbons (Fsp3) is 0.478. The maximum atomic E-state index is 12.4. The third-order valence-electron chi connectivity index (χ3n) is 4.90. The Morgan fingerprint density at radius 3 is 2.03 bits per heavy atom. The number of rotatable bonds is 13. The molecular formula is C23H31KO5S. The van der Waals surface area contributed by atoms with Gasteiger partial charge in [0.2, 0.25) is 0 Å². The van der Waals surface area contributed by atoms with Gasteiger partial charge in [-0.3, -0.25) is 4.55 Å². The Labute approximate surface area is 223 Å². The van der Waals surface area contributed by atoms with E-state index in [1.54, 1.807) is 30.3 Å². The molecule has 0 aliphatic heterocycles. The molecule has 7 heteroatoms. The largest absolute Gasteiger partial charge is 1.00 e. The summed E-state index contributed by atoms with van der Waals surface area (Å²) >= 11 is 0. The number of ether oxygens (including phenoxy) is 1. The van der Waals surface area contributed by atoms with E-state index in [2.05, 4.69) is 6.92 Å². The summed E-state index contributed by atoms with van der Waals surface area (Å²) in [7, 11) is -4.61. The van der Waals surface area contributed by atoms with E-state index in [9.17, 15) is 18.1 Å². The van der Waals surface area contributed by atoms with Crippen LogP contribution in [0.5, 0.6) is 17.2 Å². The Morgan fingerprint density at radius 1 is 0.900 bits per heavy atom. The van der Waals surface area contributed by atoms with Gasteiger partial charge in [-0.2, -0.15) is 8.42 Å². The zero-order valence-corrected chi connectivity index (χ0v) is 22.0. The molecule has 2 aromatic carbocycles. The first-order valence-electron chi connectivity index (χ1n) is 10.5. The molecule has 0 unspecified atom stereocenters. The summed E-state index contributed by atoms with van der Waals surface area (Å²) in [6, 6.07) is 11.5. The van der Waals surface area contributed by atoms with Gasteiger partial charge in [0.05, 0.1) is 4.90 Å². The van der Waals surface area contributed by atoms with Crippen molar-refractivity contribution in [3.8, 4) is 17.2 Å². The normalized spacial score (nSPS) is 11.1. The molecule has 30 heavy (non-hydrogen) atoms. The molecule has 0 saturated carbocycles. The first-order valence-corrected chi connectivity index (χ1v) is 11.9. The van der Waals surface area contributed by atoms with Gasteiger partial charge in [-0.05, 0) is 48.4 Å². The first kappa shape index (κ1) is 27.6. The summed E-state index contributed by atoms with van der Waals surface area (Å²) in [5.41, 5.74) is 0.672. The molecule has 0 aliphatic carbocycles. The standard InChI is InChI=1S/C23H32O5S.K/c1-2-3-4-5-6-7-8-9-11-14-19-17-21(28-20-15-12-10-13-16-20)23(24)22(18-19)29(25,26)27;/h10,12-13,15-18,24H,2-9,11,14H2,1H3,(H,25,26,27);/q;+1/p-1. The molecule has 0 heterocycles. The van der Waals surface area contributed by atoms with Crippen molar-refractivity contribution in [3.05, 3.63) is 48.0 Å². The second-order valence-corrected chi connectivity index (χ2v) is 8.78. The fourth-order valence-corrected chi connectivity index (χ4v) is 3.93. The van der Waals surface area contributed by atoms with Gasteiger partial charge >= 0.3 is 51.4 Å². The van der Waals surface area contributed by atoms with Crippen LogP contribution >= 0.6 is 0 Å². The molecule has 0 radical (unpaired) electrons. The van der Waals surface area contributed by atoms with Gasteiger partial charge in [-0.15, -0.1) is 0 Å². The third-order valence-corrected chi connectivity index (χ3v) is 5.76. The molecule has 2 aromatic rings. The summed E-state index contributed by atoms with van der Waals surface area (Å²) in [5, 5.41) is 12.4. The van der Waals surface area contributed by atoms with Gasteiger partial charge in [0, 0.05) is 0 Å². The predicted octanol–water partition coefficient (Wildman–Crippen LogP) is 2.88. The van der Waals surface area contributed by atoms with E-state index in [4.69, 9.17) is 4.74 Å². The quantitative estimate of drug-likeness (QED) is 0.283. The summed E-state index contributed by atoms with van der Waals surface area (Å²) in [6.07, 6.45) is 11.3. The maximum Gasteiger partial charge on any atom is 1.00 e. The Kier molecular flexibility index (Phi) is 13.5. The van der Waals surface area contributed by atoms with E-state index in [0.717, 1.165) is 19.3 Å². The van der Waals surface area contributed by atoms with Crippen molar-refractivity contribution in [3.63, 3.8) is 0 Å². The van der Waals surface area contributed by atoms with Gasteiger partial charge in [0.1, 0.15) is 11.5 Å². The van der Waals surface area contributed by atoms with Crippen molar-refractivity contribution in [1.82, 2.24) is 0 Å². The number of benzene rings is 2. The predicted molar refractivity (Wildman–Crippen MR) is 113 cm³/mol. The van der Waals surface area contributed by atoms with E-state index in [1.807, 2.05) is 6.07 Å². The van der Waals surface area contributed by atoms with Crippen LogP contribution in [0.3, 0.4) is 0 Å². The van der Waals surface area contributed by atoms with Crippen molar-refractivity contribution < 1.29 is 74.2 Å². The molecule has 0 amide bonds. The topological polar surface area (TPSA) is 86.7 Å². The number of para-hydroxylation sites is 1. The fourth-order valence-electron chi connectivity index (χ4n) is 3.30. The van der Waals surface area contributed by atoms with Crippen LogP contribution in [0.1, 0.15) is 70.3 Å². The Hall–Kier alpha value is -0.414. The molecule has 0 aliphatic rings. The van der Waals surface area contributed by atoms with Crippen LogP contribution < -0.4 is 61.2 Å². The van der Waals surface area contributed by atoms with E-state index in [1.165, 1.54) is 44.6 Å². The summed E-state index contributed by atoms with van der Waals surface area (Å²) in [4.78, 5) is -0.628. The van der Waals surface area contributed by atoms with Gasteiger partial charge in [0.25, 0.3) is 10.1 Å². The van der Waals surface area contributed by atoms with Crippen LogP contribution in [0.4, 0.5) is 0 Å². The van der Waals surface area contributed by atoms with Crippen LogP contribution in [-0.4, -0.2) is 13.0 Å². The summed E-state index contributed by atoms with van der Waals surface area (Å²) in [5.74, 6) is -0.476. The van der Waals surface area contributed by atoms with Gasteiger partial charge in [-0.25, -0.2) is 0 Å². The smallest absolute Gasteiger partial charge is 0.869 e. The second-order valence-electron chi connectivity index (χ2n) is 7.39. The van der Waals surface area contributed by atoms with Crippen molar-refractivity contribution in [2.75, 3.05) is 0 Å². The van der Waals surface area contributed by atoms with Crippen molar-refractivity contribution >= 4 is 10.1 Å². The minimum atomic E-state index is -4.61. The number of hydrogen-bond acceptors (Lipinski definition) is 4. The minimum absolute atomic E-state index is 0. The molecule has 2 rings (SSSR count). The monoisotopic (exact) mass is 458 g/mol. The minimum Gasteiger partial charge on any atom is -0.869 e. The van der Waals surface area contributed by atoms with E-state index < -0.39 is 20.8 Å². The summed E-state index contributed by atoms with van der Waals surface area (Å²) in [6.45, 7) is 2.21. The van der Waals surface area contributed by atoms with Crippen molar-refractivity contribution in [1.29, 1.82) is 0 Å². The molecule has 1 N–H and O–H groups in total. The summed E-state index contributed by atoms with van der Waals surface area (Å²) < 4.78 is 38.3. The number of aryl methyl sites for hydroxylation is 1. The van der Waals surface area contributed by atoms with Crippen LogP contribution in [0.25, 0.3) is 0 Å². The average molecular weight is 459 g/mol. The maximum absolute atomic E-state index is 12.4. The van der Waals surface area contributed by atoms with Crippen LogP contribution in [0.15, 0.2) is 47.4 Å². The van der Waals surface area contributed by atoms with Gasteiger partial charge in [0.15, 0.2) is 0 Å². The third kappa shape index (κ3) is 9.81. The van der Waals surface area contributed by atoms with Gasteiger partial charge in [-0.1, -0.05) is 76.5 Å². The van der Waals surface area contributed by atoms with Crippen molar-refractivity contribution in [2.45, 2.75) is 76.0 Å².